The van der Waals surface area contributed by atoms with E-state index in [0.717, 1.165) is 59.4 Å². The third-order valence-electron chi connectivity index (χ3n) is 7.08. The average Bonchev–Trinajstić information content (AvgIpc) is 3.40. The molecule has 0 bridgehead atoms. The van der Waals surface area contributed by atoms with Gasteiger partial charge in [-0.15, -0.1) is 0 Å². The van der Waals surface area contributed by atoms with Crippen molar-refractivity contribution in [1.29, 1.82) is 0 Å². The molecule has 36 heavy (non-hydrogen) atoms. The Labute approximate surface area is 213 Å². The van der Waals surface area contributed by atoms with Gasteiger partial charge in [-0.3, -0.25) is 0 Å². The number of rotatable bonds is 8. The van der Waals surface area contributed by atoms with Gasteiger partial charge in [-0.25, -0.2) is 0 Å². The molecule has 1 aliphatic heterocycles. The van der Waals surface area contributed by atoms with Gasteiger partial charge in [0.1, 0.15) is 11.5 Å². The maximum Gasteiger partial charge on any atom is 0.380 e. The minimum atomic E-state index is -4.08. The van der Waals surface area contributed by atoms with Crippen molar-refractivity contribution in [3.63, 3.8) is 0 Å². The van der Waals surface area contributed by atoms with Gasteiger partial charge in [0.2, 0.25) is 0 Å². The van der Waals surface area contributed by atoms with Gasteiger partial charge in [0.15, 0.2) is 0 Å². The first kappa shape index (κ1) is 24.6. The van der Waals surface area contributed by atoms with E-state index < -0.39 is 10.3 Å². The van der Waals surface area contributed by atoms with Crippen molar-refractivity contribution in [3.8, 4) is 11.5 Å². The van der Waals surface area contributed by atoms with E-state index in [1.54, 1.807) is 19.2 Å². The molecule has 0 amide bonds. The number of fused-ring (bicyclic) bond motifs is 1. The lowest BCUT2D eigenvalue weighted by Crippen LogP contribution is -2.21. The Kier molecular flexibility index (Phi) is 7.14. The highest BCUT2D eigenvalue weighted by Crippen LogP contribution is 2.42. The van der Waals surface area contributed by atoms with Crippen molar-refractivity contribution in [3.05, 3.63) is 94.5 Å². The molecule has 1 heterocycles. The summed E-state index contributed by atoms with van der Waals surface area (Å²) >= 11 is 0. The Morgan fingerprint density at radius 3 is 2.39 bits per heavy atom. The molecule has 0 spiro atoms. The van der Waals surface area contributed by atoms with Gasteiger partial charge in [0.05, 0.1) is 7.11 Å². The van der Waals surface area contributed by atoms with E-state index in [2.05, 4.69) is 41.3 Å². The molecule has 0 radical (unpaired) electrons. The highest BCUT2D eigenvalue weighted by atomic mass is 32.2. The largest absolute Gasteiger partial charge is 0.497 e. The van der Waals surface area contributed by atoms with Crippen molar-refractivity contribution in [1.82, 2.24) is 4.90 Å². The first-order valence-electron chi connectivity index (χ1n) is 12.4. The fraction of sp³-hybridized carbons (Fsp3) is 0.310. The number of benzene rings is 3. The molecular weight excluding hydrogens is 472 g/mol. The highest BCUT2D eigenvalue weighted by Gasteiger charge is 2.23. The quantitative estimate of drug-likeness (QED) is 0.476. The lowest BCUT2D eigenvalue weighted by molar-refractivity contribution is 0.343. The van der Waals surface area contributed by atoms with Gasteiger partial charge in [0, 0.05) is 6.54 Å². The second-order valence-electron chi connectivity index (χ2n) is 9.48. The number of aryl methyl sites for hydroxylation is 1. The number of allylic oxidation sites excluding steroid dienone is 1. The maximum absolute atomic E-state index is 11.5. The normalized spacial score (nSPS) is 16.2. The SMILES string of the molecule is COc1cccc(C2=C(c3ccc(CCN4CCCC4)cc3)c3ccc(OS(N)(=O)=O)cc3CC2)c1. The van der Waals surface area contributed by atoms with Crippen LogP contribution in [0.3, 0.4) is 0 Å². The van der Waals surface area contributed by atoms with Crippen molar-refractivity contribution >= 4 is 21.5 Å². The third-order valence-corrected chi connectivity index (χ3v) is 7.51. The summed E-state index contributed by atoms with van der Waals surface area (Å²) in [6.07, 6.45) is 5.24. The van der Waals surface area contributed by atoms with Crippen LogP contribution in [0.4, 0.5) is 0 Å². The molecule has 2 aliphatic rings. The Hall–Kier alpha value is -3.13. The number of nitrogens with zero attached hydrogens (tertiary/aromatic N) is 1. The highest BCUT2D eigenvalue weighted by molar-refractivity contribution is 7.84. The van der Waals surface area contributed by atoms with Crippen LogP contribution >= 0.6 is 0 Å². The summed E-state index contributed by atoms with van der Waals surface area (Å²) in [6, 6.07) is 22.4. The van der Waals surface area contributed by atoms with E-state index in [-0.39, 0.29) is 5.75 Å². The van der Waals surface area contributed by atoms with Gasteiger partial charge in [-0.1, -0.05) is 42.5 Å². The number of hydrogen-bond donors (Lipinski definition) is 1. The molecular formula is C29H32N2O4S. The second-order valence-corrected chi connectivity index (χ2v) is 10.6. The summed E-state index contributed by atoms with van der Waals surface area (Å²) < 4.78 is 33.3. The zero-order chi connectivity index (χ0) is 25.1. The molecule has 0 unspecified atom stereocenters. The van der Waals surface area contributed by atoms with Crippen LogP contribution < -0.4 is 14.1 Å². The Morgan fingerprint density at radius 1 is 0.889 bits per heavy atom. The fourth-order valence-electron chi connectivity index (χ4n) is 5.31. The third kappa shape index (κ3) is 5.64. The average molecular weight is 505 g/mol. The molecule has 7 heteroatoms. The van der Waals surface area contributed by atoms with E-state index >= 15 is 0 Å². The van der Waals surface area contributed by atoms with E-state index in [1.165, 1.54) is 37.1 Å². The smallest absolute Gasteiger partial charge is 0.380 e. The van der Waals surface area contributed by atoms with Crippen LogP contribution in [0.2, 0.25) is 0 Å². The maximum atomic E-state index is 11.5. The van der Waals surface area contributed by atoms with Crippen LogP contribution in [0.1, 0.15) is 47.1 Å². The van der Waals surface area contributed by atoms with Gasteiger partial charge >= 0.3 is 10.3 Å². The number of methoxy groups -OCH3 is 1. The fourth-order valence-corrected chi connectivity index (χ4v) is 5.69. The van der Waals surface area contributed by atoms with Gasteiger partial charge < -0.3 is 13.8 Å². The van der Waals surface area contributed by atoms with Gasteiger partial charge in [-0.05, 0) is 108 Å². The van der Waals surface area contributed by atoms with Gasteiger partial charge in [-0.2, -0.15) is 13.6 Å². The summed E-state index contributed by atoms with van der Waals surface area (Å²) in [5.74, 6) is 1.05. The first-order valence-corrected chi connectivity index (χ1v) is 13.9. The number of likely N-dealkylation sites (tertiary alicyclic amines) is 1. The Morgan fingerprint density at radius 2 is 1.67 bits per heavy atom. The lowest BCUT2D eigenvalue weighted by Gasteiger charge is -2.25. The monoisotopic (exact) mass is 504 g/mol. The van der Waals surface area contributed by atoms with Crippen molar-refractivity contribution in [2.45, 2.75) is 32.1 Å². The predicted octanol–water partition coefficient (Wildman–Crippen LogP) is 4.82. The predicted molar refractivity (Wildman–Crippen MR) is 143 cm³/mol. The molecule has 188 valence electrons. The summed E-state index contributed by atoms with van der Waals surface area (Å²) in [4.78, 5) is 2.54. The Bertz CT molecular complexity index is 1370. The summed E-state index contributed by atoms with van der Waals surface area (Å²) in [7, 11) is -2.40. The molecule has 5 rings (SSSR count). The van der Waals surface area contributed by atoms with E-state index in [9.17, 15) is 8.42 Å². The van der Waals surface area contributed by atoms with Crippen LogP contribution in [0.25, 0.3) is 11.1 Å². The van der Waals surface area contributed by atoms with Crippen molar-refractivity contribution < 1.29 is 17.3 Å². The minimum absolute atomic E-state index is 0.234. The zero-order valence-corrected chi connectivity index (χ0v) is 21.4. The van der Waals surface area contributed by atoms with Crippen LogP contribution in [-0.2, 0) is 23.1 Å². The molecule has 3 aromatic rings. The summed E-state index contributed by atoms with van der Waals surface area (Å²) in [6.45, 7) is 3.53. The molecule has 3 aromatic carbocycles. The molecule has 2 N–H and O–H groups in total. The second kappa shape index (κ2) is 10.5. The van der Waals surface area contributed by atoms with Crippen LogP contribution in [0, 0.1) is 0 Å². The lowest BCUT2D eigenvalue weighted by atomic mass is 9.79. The molecule has 6 nitrogen and oxygen atoms in total. The number of hydrogen-bond acceptors (Lipinski definition) is 5. The van der Waals surface area contributed by atoms with Crippen LogP contribution in [0.5, 0.6) is 11.5 Å². The molecule has 0 saturated carbocycles. The van der Waals surface area contributed by atoms with Gasteiger partial charge in [0.25, 0.3) is 0 Å². The first-order chi connectivity index (χ1) is 17.4. The molecule has 1 saturated heterocycles. The molecule has 1 aliphatic carbocycles. The topological polar surface area (TPSA) is 81.9 Å². The van der Waals surface area contributed by atoms with Crippen molar-refractivity contribution in [2.75, 3.05) is 26.7 Å². The summed E-state index contributed by atoms with van der Waals surface area (Å²) in [5, 5.41) is 5.09. The standard InChI is InChI=1S/C29H32N2O4S/c1-34-25-6-4-5-23(19-25)27-13-11-24-20-26(35-36(30,32)33)12-14-28(24)29(27)22-9-7-21(8-10-22)15-18-31-16-2-3-17-31/h4-10,12,14,19-20H,2-3,11,13,15-18H2,1H3,(H2,30,32,33). The van der Waals surface area contributed by atoms with E-state index in [1.807, 2.05) is 18.2 Å². The molecule has 0 atom stereocenters. The van der Waals surface area contributed by atoms with E-state index in [0.29, 0.717) is 0 Å². The number of nitrogens with two attached hydrogens (primary N) is 1. The Balaban J connectivity index is 1.53. The summed E-state index contributed by atoms with van der Waals surface area (Å²) in [5.41, 5.74) is 8.10. The molecule has 0 aromatic heterocycles. The van der Waals surface area contributed by atoms with Crippen LogP contribution in [-0.4, -0.2) is 40.1 Å². The minimum Gasteiger partial charge on any atom is -0.497 e. The van der Waals surface area contributed by atoms with Crippen molar-refractivity contribution in [2.24, 2.45) is 5.14 Å². The van der Waals surface area contributed by atoms with Crippen LogP contribution in [0.15, 0.2) is 66.7 Å². The van der Waals surface area contributed by atoms with E-state index in [4.69, 9.17) is 14.1 Å². The number of ether oxygens (including phenoxy) is 1. The zero-order valence-electron chi connectivity index (χ0n) is 20.6. The molecule has 1 fully saturated rings.